The summed E-state index contributed by atoms with van der Waals surface area (Å²) in [7, 11) is 1.01. The van der Waals surface area contributed by atoms with E-state index in [0.29, 0.717) is 6.61 Å². The van der Waals surface area contributed by atoms with Gasteiger partial charge in [0.05, 0.1) is 6.54 Å². The third-order valence-corrected chi connectivity index (χ3v) is 2.12. The first-order valence-corrected chi connectivity index (χ1v) is 4.82. The highest BCUT2D eigenvalue weighted by molar-refractivity contribution is 6.34. The molecule has 0 unspecified atom stereocenters. The third-order valence-electron chi connectivity index (χ3n) is 2.12. The number of ether oxygens (including phenoxy) is 1. The zero-order valence-electron chi connectivity index (χ0n) is 8.26. The zero-order chi connectivity index (χ0) is 10.5. The van der Waals surface area contributed by atoms with Gasteiger partial charge in [-0.25, -0.2) is 4.99 Å². The minimum absolute atomic E-state index is 0.677. The SMILES string of the molecule is O[B]C=Cc1ccc(C2=NCCO2)cc1. The predicted molar refractivity (Wildman–Crippen MR) is 60.8 cm³/mol. The summed E-state index contributed by atoms with van der Waals surface area (Å²) in [4.78, 5) is 4.23. The molecule has 3 nitrogen and oxygen atoms in total. The minimum Gasteiger partial charge on any atom is -0.476 e. The average Bonchev–Trinajstić information content (AvgIpc) is 2.80. The quantitative estimate of drug-likeness (QED) is 0.740. The van der Waals surface area contributed by atoms with Gasteiger partial charge in [0.15, 0.2) is 0 Å². The summed E-state index contributed by atoms with van der Waals surface area (Å²) in [6, 6.07) is 7.83. The number of aliphatic imine (C=N–C) groups is 1. The lowest BCUT2D eigenvalue weighted by Gasteiger charge is -2.01. The lowest BCUT2D eigenvalue weighted by molar-refractivity contribution is 0.348. The van der Waals surface area contributed by atoms with Crippen molar-refractivity contribution in [1.82, 2.24) is 0 Å². The molecule has 75 valence electrons. The summed E-state index contributed by atoms with van der Waals surface area (Å²) in [6.45, 7) is 1.42. The highest BCUT2D eigenvalue weighted by Crippen LogP contribution is 2.10. The maximum atomic E-state index is 8.50. The summed E-state index contributed by atoms with van der Waals surface area (Å²) in [6.07, 6.45) is 1.82. The molecule has 0 saturated carbocycles. The van der Waals surface area contributed by atoms with E-state index >= 15 is 0 Å². The monoisotopic (exact) mass is 200 g/mol. The van der Waals surface area contributed by atoms with Crippen LogP contribution in [0.4, 0.5) is 0 Å². The van der Waals surface area contributed by atoms with Crippen LogP contribution in [0.3, 0.4) is 0 Å². The van der Waals surface area contributed by atoms with Crippen LogP contribution in [0.1, 0.15) is 11.1 Å². The maximum absolute atomic E-state index is 8.50. The molecule has 1 aliphatic heterocycles. The molecule has 15 heavy (non-hydrogen) atoms. The summed E-state index contributed by atoms with van der Waals surface area (Å²) in [5, 5.41) is 8.50. The Morgan fingerprint density at radius 2 is 2.13 bits per heavy atom. The van der Waals surface area contributed by atoms with Gasteiger partial charge in [0.1, 0.15) is 6.61 Å². The van der Waals surface area contributed by atoms with Crippen molar-refractivity contribution in [1.29, 1.82) is 0 Å². The van der Waals surface area contributed by atoms with E-state index in [1.54, 1.807) is 5.98 Å². The minimum atomic E-state index is 0.677. The van der Waals surface area contributed by atoms with Gasteiger partial charge in [-0.3, -0.25) is 0 Å². The van der Waals surface area contributed by atoms with E-state index in [-0.39, 0.29) is 0 Å². The van der Waals surface area contributed by atoms with Crippen LogP contribution in [0.2, 0.25) is 0 Å². The summed E-state index contributed by atoms with van der Waals surface area (Å²) >= 11 is 0. The number of hydrogen-bond acceptors (Lipinski definition) is 3. The van der Waals surface area contributed by atoms with Gasteiger partial charge in [0.25, 0.3) is 0 Å². The van der Waals surface area contributed by atoms with Crippen molar-refractivity contribution in [3.8, 4) is 0 Å². The highest BCUT2D eigenvalue weighted by atomic mass is 16.5. The fourth-order valence-corrected chi connectivity index (χ4v) is 1.40. The summed E-state index contributed by atoms with van der Waals surface area (Å²) < 4.78 is 5.35. The molecule has 1 heterocycles. The van der Waals surface area contributed by atoms with Crippen LogP contribution < -0.4 is 0 Å². The van der Waals surface area contributed by atoms with Crippen LogP contribution in [-0.4, -0.2) is 31.6 Å². The highest BCUT2D eigenvalue weighted by Gasteiger charge is 2.08. The first-order chi connectivity index (χ1) is 7.40. The van der Waals surface area contributed by atoms with Crippen LogP contribution in [-0.2, 0) is 4.74 Å². The molecule has 1 radical (unpaired) electrons. The molecule has 0 saturated heterocycles. The zero-order valence-corrected chi connectivity index (χ0v) is 8.26. The first-order valence-electron chi connectivity index (χ1n) is 4.82. The van der Waals surface area contributed by atoms with E-state index in [1.165, 1.54) is 0 Å². The lowest BCUT2D eigenvalue weighted by atomic mass is 10.00. The maximum Gasteiger partial charge on any atom is 0.318 e. The van der Waals surface area contributed by atoms with E-state index in [1.807, 2.05) is 30.3 Å². The molecule has 1 aromatic carbocycles. The second-order valence-electron chi connectivity index (χ2n) is 3.17. The van der Waals surface area contributed by atoms with Crippen LogP contribution in [0.5, 0.6) is 0 Å². The van der Waals surface area contributed by atoms with Crippen molar-refractivity contribution in [2.75, 3.05) is 13.2 Å². The Bertz CT molecular complexity index is 384. The second-order valence-corrected chi connectivity index (χ2v) is 3.17. The molecule has 1 aliphatic rings. The van der Waals surface area contributed by atoms with Gasteiger partial charge in [-0.05, 0) is 17.7 Å². The van der Waals surface area contributed by atoms with Crippen LogP contribution in [0.15, 0.2) is 35.2 Å². The van der Waals surface area contributed by atoms with Crippen LogP contribution in [0, 0.1) is 0 Å². The molecular formula is C11H11BNO2. The Hall–Kier alpha value is -1.55. The number of hydrogen-bond donors (Lipinski definition) is 1. The average molecular weight is 200 g/mol. The first kappa shape index (κ1) is 9.99. The number of nitrogens with zero attached hydrogens (tertiary/aromatic N) is 1. The fourth-order valence-electron chi connectivity index (χ4n) is 1.40. The lowest BCUT2D eigenvalue weighted by Crippen LogP contribution is -2.00. The number of benzene rings is 1. The summed E-state index contributed by atoms with van der Waals surface area (Å²) in [5.41, 5.74) is 2.03. The molecule has 1 aromatic rings. The smallest absolute Gasteiger partial charge is 0.318 e. The Labute approximate surface area is 89.4 Å². The van der Waals surface area contributed by atoms with Crippen LogP contribution >= 0.6 is 0 Å². The molecule has 0 aromatic heterocycles. The molecule has 0 fully saturated rings. The van der Waals surface area contributed by atoms with Gasteiger partial charge in [-0.15, -0.1) is 0 Å². The summed E-state index contributed by atoms with van der Waals surface area (Å²) in [5.74, 6) is 2.30. The topological polar surface area (TPSA) is 41.8 Å². The van der Waals surface area contributed by atoms with E-state index < -0.39 is 0 Å². The Kier molecular flexibility index (Phi) is 3.20. The molecular weight excluding hydrogens is 189 g/mol. The molecule has 0 atom stereocenters. The standard InChI is InChI=1S/C11H11BNO2/c14-12-6-5-9-1-3-10(4-2-9)11-13-7-8-15-11/h1-6,14H,7-8H2. The van der Waals surface area contributed by atoms with Crippen molar-refractivity contribution >= 4 is 19.5 Å². The van der Waals surface area contributed by atoms with Crippen molar-refractivity contribution in [3.63, 3.8) is 0 Å². The molecule has 0 spiro atoms. The normalized spacial score (nSPS) is 15.1. The third kappa shape index (κ3) is 2.47. The van der Waals surface area contributed by atoms with Crippen molar-refractivity contribution in [2.24, 2.45) is 4.99 Å². The van der Waals surface area contributed by atoms with Gasteiger partial charge in [0, 0.05) is 5.56 Å². The van der Waals surface area contributed by atoms with E-state index in [4.69, 9.17) is 9.76 Å². The van der Waals surface area contributed by atoms with Crippen molar-refractivity contribution in [3.05, 3.63) is 41.4 Å². The fraction of sp³-hybridized carbons (Fsp3) is 0.182. The Morgan fingerprint density at radius 3 is 2.73 bits per heavy atom. The molecule has 4 heteroatoms. The van der Waals surface area contributed by atoms with Gasteiger partial charge < -0.3 is 9.76 Å². The largest absolute Gasteiger partial charge is 0.476 e. The van der Waals surface area contributed by atoms with Crippen molar-refractivity contribution < 1.29 is 9.76 Å². The molecule has 2 rings (SSSR count). The van der Waals surface area contributed by atoms with E-state index in [9.17, 15) is 0 Å². The number of rotatable bonds is 3. The van der Waals surface area contributed by atoms with Gasteiger partial charge in [-0.2, -0.15) is 0 Å². The van der Waals surface area contributed by atoms with Gasteiger partial charge in [0.2, 0.25) is 5.90 Å². The molecule has 1 N–H and O–H groups in total. The Morgan fingerprint density at radius 1 is 1.33 bits per heavy atom. The molecule has 0 aliphatic carbocycles. The Balaban J connectivity index is 2.13. The van der Waals surface area contributed by atoms with Crippen LogP contribution in [0.25, 0.3) is 6.08 Å². The van der Waals surface area contributed by atoms with E-state index in [0.717, 1.165) is 31.1 Å². The van der Waals surface area contributed by atoms with Gasteiger partial charge >= 0.3 is 7.48 Å². The van der Waals surface area contributed by atoms with Gasteiger partial charge in [-0.1, -0.05) is 24.2 Å². The molecule has 0 bridgehead atoms. The van der Waals surface area contributed by atoms with E-state index in [2.05, 4.69) is 4.99 Å². The molecule has 0 amide bonds. The second kappa shape index (κ2) is 4.80. The van der Waals surface area contributed by atoms with Crippen molar-refractivity contribution in [2.45, 2.75) is 0 Å². The predicted octanol–water partition coefficient (Wildman–Crippen LogP) is 1.05.